The minimum atomic E-state index is -0.684. The van der Waals surface area contributed by atoms with Crippen LogP contribution in [0.25, 0.3) is 0 Å². The minimum Gasteiger partial charge on any atom is -0.497 e. The smallest absolute Gasteiger partial charge is 0.323 e. The van der Waals surface area contributed by atoms with Gasteiger partial charge >= 0.3 is 6.03 Å². The number of carbonyl (C=O) groups is 1. The van der Waals surface area contributed by atoms with Crippen LogP contribution in [0.3, 0.4) is 0 Å². The van der Waals surface area contributed by atoms with Crippen LogP contribution in [0.15, 0.2) is 42.5 Å². The number of nitrogens with one attached hydrogen (secondary N) is 2. The predicted molar refractivity (Wildman–Crippen MR) is 76.8 cm³/mol. The van der Waals surface area contributed by atoms with E-state index >= 15 is 0 Å². The Morgan fingerprint density at radius 2 is 2.00 bits per heavy atom. The lowest BCUT2D eigenvalue weighted by molar-refractivity contribution is 0.262. The molecule has 0 saturated carbocycles. The first-order valence-corrected chi connectivity index (χ1v) is 6.04. The molecule has 2 aromatic rings. The third kappa shape index (κ3) is 3.48. The molecule has 0 radical (unpaired) electrons. The maximum Gasteiger partial charge on any atom is 0.323 e. The molecule has 0 heterocycles. The van der Waals surface area contributed by atoms with Gasteiger partial charge < -0.3 is 15.4 Å². The lowest BCUT2D eigenvalue weighted by Gasteiger charge is -2.10. The monoisotopic (exact) mass is 285 g/mol. The van der Waals surface area contributed by atoms with Gasteiger partial charge in [-0.25, -0.2) is 9.18 Å². The zero-order valence-electron chi connectivity index (χ0n) is 11.2. The summed E-state index contributed by atoms with van der Waals surface area (Å²) in [6, 6.07) is 11.9. The number of ether oxygens (including phenoxy) is 1. The first kappa shape index (κ1) is 14.3. The van der Waals surface area contributed by atoms with Crippen LogP contribution >= 0.6 is 0 Å². The summed E-state index contributed by atoms with van der Waals surface area (Å²) >= 11 is 0. The summed E-state index contributed by atoms with van der Waals surface area (Å²) < 4.78 is 18.5. The Hall–Kier alpha value is -3.07. The number of benzene rings is 2. The molecule has 0 bridgehead atoms. The zero-order chi connectivity index (χ0) is 15.2. The second kappa shape index (κ2) is 6.39. The van der Waals surface area contributed by atoms with Crippen molar-refractivity contribution in [3.05, 3.63) is 53.8 Å². The van der Waals surface area contributed by atoms with Crippen LogP contribution in [0, 0.1) is 17.1 Å². The highest BCUT2D eigenvalue weighted by Crippen LogP contribution is 2.19. The number of amides is 2. The molecule has 2 N–H and O–H groups in total. The normalized spacial score (nSPS) is 9.57. The molecule has 0 aromatic heterocycles. The molecule has 0 fully saturated rings. The van der Waals surface area contributed by atoms with Gasteiger partial charge in [0.15, 0.2) is 0 Å². The van der Waals surface area contributed by atoms with Gasteiger partial charge in [-0.2, -0.15) is 5.26 Å². The van der Waals surface area contributed by atoms with E-state index in [2.05, 4.69) is 10.6 Å². The van der Waals surface area contributed by atoms with Gasteiger partial charge in [-0.05, 0) is 24.3 Å². The summed E-state index contributed by atoms with van der Waals surface area (Å²) in [5.41, 5.74) is 0.415. The number of anilines is 2. The van der Waals surface area contributed by atoms with Gasteiger partial charge in [-0.1, -0.05) is 12.1 Å². The van der Waals surface area contributed by atoms with Crippen molar-refractivity contribution in [1.29, 1.82) is 5.26 Å². The number of hydrogen-bond donors (Lipinski definition) is 2. The Bertz CT molecular complexity index is 710. The SMILES string of the molecule is COc1cccc(NC(=O)Nc2cccc(F)c2C#N)c1. The summed E-state index contributed by atoms with van der Waals surface area (Å²) in [5, 5.41) is 13.9. The van der Waals surface area contributed by atoms with Gasteiger partial charge in [0.1, 0.15) is 23.2 Å². The Morgan fingerprint density at radius 1 is 1.24 bits per heavy atom. The third-order valence-electron chi connectivity index (χ3n) is 2.70. The standard InChI is InChI=1S/C15H12FN3O2/c1-21-11-5-2-4-10(8-11)18-15(20)19-14-7-3-6-13(16)12(14)9-17/h2-8H,1H3,(H2,18,19,20). The van der Waals surface area contributed by atoms with Crippen LogP contribution in [-0.2, 0) is 0 Å². The highest BCUT2D eigenvalue weighted by molar-refractivity contribution is 6.00. The van der Waals surface area contributed by atoms with Gasteiger partial charge in [0.05, 0.1) is 12.8 Å². The van der Waals surface area contributed by atoms with Crippen molar-refractivity contribution in [3.63, 3.8) is 0 Å². The second-order valence-corrected chi connectivity index (χ2v) is 4.09. The molecule has 2 aromatic carbocycles. The van der Waals surface area contributed by atoms with Crippen LogP contribution < -0.4 is 15.4 Å². The number of hydrogen-bond acceptors (Lipinski definition) is 3. The van der Waals surface area contributed by atoms with Crippen molar-refractivity contribution in [2.24, 2.45) is 0 Å². The average molecular weight is 285 g/mol. The highest BCUT2D eigenvalue weighted by Gasteiger charge is 2.10. The van der Waals surface area contributed by atoms with E-state index in [1.54, 1.807) is 30.3 Å². The average Bonchev–Trinajstić information content (AvgIpc) is 2.47. The van der Waals surface area contributed by atoms with E-state index in [9.17, 15) is 9.18 Å². The number of nitrogens with zero attached hydrogens (tertiary/aromatic N) is 1. The van der Waals surface area contributed by atoms with Gasteiger partial charge in [0.2, 0.25) is 0 Å². The molecule has 21 heavy (non-hydrogen) atoms. The first-order chi connectivity index (χ1) is 10.1. The Labute approximate surface area is 121 Å². The number of nitriles is 1. The van der Waals surface area contributed by atoms with Crippen LogP contribution in [0.1, 0.15) is 5.56 Å². The molecule has 0 aliphatic rings. The highest BCUT2D eigenvalue weighted by atomic mass is 19.1. The van der Waals surface area contributed by atoms with Crippen molar-refractivity contribution in [2.45, 2.75) is 0 Å². The molecule has 6 heteroatoms. The number of rotatable bonds is 3. The van der Waals surface area contributed by atoms with E-state index in [0.29, 0.717) is 11.4 Å². The minimum absolute atomic E-state index is 0.109. The van der Waals surface area contributed by atoms with E-state index < -0.39 is 11.8 Å². The zero-order valence-corrected chi connectivity index (χ0v) is 11.2. The van der Waals surface area contributed by atoms with Gasteiger partial charge in [0.25, 0.3) is 0 Å². The maximum absolute atomic E-state index is 13.4. The molecule has 0 unspecified atom stereocenters. The van der Waals surface area contributed by atoms with E-state index in [1.807, 2.05) is 0 Å². The van der Waals surface area contributed by atoms with E-state index in [4.69, 9.17) is 10.00 Å². The van der Waals surface area contributed by atoms with Crippen LogP contribution in [0.5, 0.6) is 5.75 Å². The first-order valence-electron chi connectivity index (χ1n) is 6.04. The quantitative estimate of drug-likeness (QED) is 0.908. The number of methoxy groups -OCH3 is 1. The molecule has 0 atom stereocenters. The van der Waals surface area contributed by atoms with E-state index in [1.165, 1.54) is 19.2 Å². The summed E-state index contributed by atoms with van der Waals surface area (Å²) in [6.45, 7) is 0. The molecule has 0 spiro atoms. The predicted octanol–water partition coefficient (Wildman–Crippen LogP) is 3.35. The van der Waals surface area contributed by atoms with Crippen molar-refractivity contribution in [3.8, 4) is 11.8 Å². The topological polar surface area (TPSA) is 74.2 Å². The Balaban J connectivity index is 2.12. The van der Waals surface area contributed by atoms with Crippen LogP contribution in [0.4, 0.5) is 20.6 Å². The molecule has 0 aliphatic heterocycles. The second-order valence-electron chi connectivity index (χ2n) is 4.09. The molecule has 2 rings (SSSR count). The molecular weight excluding hydrogens is 273 g/mol. The molecule has 2 amide bonds. The van der Waals surface area contributed by atoms with Crippen molar-refractivity contribution >= 4 is 17.4 Å². The molecule has 0 saturated heterocycles. The molecule has 0 aliphatic carbocycles. The van der Waals surface area contributed by atoms with Gasteiger partial charge in [0, 0.05) is 11.8 Å². The number of carbonyl (C=O) groups excluding carboxylic acids is 1. The fraction of sp³-hybridized carbons (Fsp3) is 0.0667. The third-order valence-corrected chi connectivity index (χ3v) is 2.70. The van der Waals surface area contributed by atoms with E-state index in [0.717, 1.165) is 6.07 Å². The lowest BCUT2D eigenvalue weighted by atomic mass is 10.2. The van der Waals surface area contributed by atoms with Crippen molar-refractivity contribution < 1.29 is 13.9 Å². The fourth-order valence-electron chi connectivity index (χ4n) is 1.73. The van der Waals surface area contributed by atoms with Gasteiger partial charge in [-0.3, -0.25) is 0 Å². The molecular formula is C15H12FN3O2. The summed E-state index contributed by atoms with van der Waals surface area (Å²) in [6.07, 6.45) is 0. The Kier molecular flexibility index (Phi) is 4.36. The van der Waals surface area contributed by atoms with Gasteiger partial charge in [-0.15, -0.1) is 0 Å². The number of halogens is 1. The summed E-state index contributed by atoms with van der Waals surface area (Å²) in [5.74, 6) is -0.0899. The fourth-order valence-corrected chi connectivity index (χ4v) is 1.73. The largest absolute Gasteiger partial charge is 0.497 e. The Morgan fingerprint density at radius 3 is 2.71 bits per heavy atom. The molecule has 106 valence electrons. The van der Waals surface area contributed by atoms with Crippen LogP contribution in [0.2, 0.25) is 0 Å². The van der Waals surface area contributed by atoms with Crippen molar-refractivity contribution in [1.82, 2.24) is 0 Å². The molecule has 5 nitrogen and oxygen atoms in total. The maximum atomic E-state index is 13.4. The summed E-state index contributed by atoms with van der Waals surface area (Å²) in [4.78, 5) is 11.9. The van der Waals surface area contributed by atoms with Crippen LogP contribution in [-0.4, -0.2) is 13.1 Å². The summed E-state index contributed by atoms with van der Waals surface area (Å²) in [7, 11) is 1.52. The van der Waals surface area contributed by atoms with Crippen molar-refractivity contribution in [2.75, 3.05) is 17.7 Å². The van der Waals surface area contributed by atoms with E-state index in [-0.39, 0.29) is 11.3 Å². The number of urea groups is 1. The lowest BCUT2D eigenvalue weighted by Crippen LogP contribution is -2.20.